The summed E-state index contributed by atoms with van der Waals surface area (Å²) in [7, 11) is 2.06. The largest absolute Gasteiger partial charge is 0.368 e. The van der Waals surface area contributed by atoms with E-state index >= 15 is 0 Å². The molecule has 0 fully saturated rings. The van der Waals surface area contributed by atoms with Crippen molar-refractivity contribution < 1.29 is 0 Å². The molecule has 0 amide bonds. The normalized spacial score (nSPS) is 12.2. The number of hydrogen-bond acceptors (Lipinski definition) is 3. The van der Waals surface area contributed by atoms with E-state index in [0.29, 0.717) is 0 Å². The number of aromatic nitrogens is 1. The average molecular weight is 320 g/mol. The van der Waals surface area contributed by atoms with Crippen LogP contribution in [0, 0.1) is 0 Å². The third kappa shape index (κ3) is 3.55. The molecule has 0 saturated carbocycles. The number of nitrogens with two attached hydrogens (primary N) is 1. The standard InChI is InChI=1S/C15H18BrN3/c1-11(17)14-9-12(16)6-7-15(14)19(2)10-13-5-3-4-8-18-13/h3-9,11H,10,17H2,1-2H3. The number of anilines is 1. The second-order valence-electron chi connectivity index (χ2n) is 4.67. The van der Waals surface area contributed by atoms with Crippen LogP contribution in [-0.4, -0.2) is 12.0 Å². The van der Waals surface area contributed by atoms with E-state index in [2.05, 4.69) is 45.0 Å². The highest BCUT2D eigenvalue weighted by Crippen LogP contribution is 2.28. The Morgan fingerprint density at radius 2 is 2.11 bits per heavy atom. The molecule has 2 aromatic rings. The minimum absolute atomic E-state index is 0.00122. The van der Waals surface area contributed by atoms with Crippen molar-refractivity contribution in [3.05, 3.63) is 58.3 Å². The lowest BCUT2D eigenvalue weighted by Crippen LogP contribution is -2.20. The molecule has 3 nitrogen and oxygen atoms in total. The van der Waals surface area contributed by atoms with Gasteiger partial charge >= 0.3 is 0 Å². The molecule has 0 radical (unpaired) electrons. The molecule has 1 aromatic carbocycles. The Balaban J connectivity index is 2.26. The minimum atomic E-state index is -0.00122. The number of pyridine rings is 1. The number of nitrogens with zero attached hydrogens (tertiary/aromatic N) is 2. The molecule has 0 saturated heterocycles. The summed E-state index contributed by atoms with van der Waals surface area (Å²) in [6, 6.07) is 12.2. The topological polar surface area (TPSA) is 42.1 Å². The van der Waals surface area contributed by atoms with Gasteiger partial charge in [-0.15, -0.1) is 0 Å². The quantitative estimate of drug-likeness (QED) is 0.937. The molecular formula is C15H18BrN3. The van der Waals surface area contributed by atoms with Gasteiger partial charge in [0.05, 0.1) is 12.2 Å². The van der Waals surface area contributed by atoms with E-state index in [-0.39, 0.29) is 6.04 Å². The Hall–Kier alpha value is -1.39. The molecule has 1 heterocycles. The van der Waals surface area contributed by atoms with Gasteiger partial charge in [0.1, 0.15) is 0 Å². The first-order valence-electron chi connectivity index (χ1n) is 6.24. The fraction of sp³-hybridized carbons (Fsp3) is 0.267. The molecule has 0 bridgehead atoms. The highest BCUT2D eigenvalue weighted by molar-refractivity contribution is 9.10. The summed E-state index contributed by atoms with van der Waals surface area (Å²) in [6.45, 7) is 2.77. The Bertz CT molecular complexity index is 540. The van der Waals surface area contributed by atoms with E-state index in [1.165, 1.54) is 0 Å². The SMILES string of the molecule is CC(N)c1cc(Br)ccc1N(C)Cc1ccccn1. The lowest BCUT2D eigenvalue weighted by molar-refractivity contribution is 0.796. The van der Waals surface area contributed by atoms with Crippen LogP contribution in [-0.2, 0) is 6.54 Å². The smallest absolute Gasteiger partial charge is 0.0598 e. The Morgan fingerprint density at radius 1 is 1.32 bits per heavy atom. The molecule has 0 aliphatic heterocycles. The maximum Gasteiger partial charge on any atom is 0.0598 e. The van der Waals surface area contributed by atoms with E-state index in [9.17, 15) is 0 Å². The molecule has 1 aromatic heterocycles. The van der Waals surface area contributed by atoms with Crippen LogP contribution >= 0.6 is 15.9 Å². The number of rotatable bonds is 4. The molecule has 2 N–H and O–H groups in total. The van der Waals surface area contributed by atoms with Gasteiger partial charge in [-0.1, -0.05) is 22.0 Å². The van der Waals surface area contributed by atoms with Crippen molar-refractivity contribution in [1.82, 2.24) is 4.98 Å². The van der Waals surface area contributed by atoms with Crippen LogP contribution in [0.3, 0.4) is 0 Å². The van der Waals surface area contributed by atoms with Gasteiger partial charge in [-0.3, -0.25) is 4.98 Å². The first-order valence-corrected chi connectivity index (χ1v) is 7.03. The highest BCUT2D eigenvalue weighted by atomic mass is 79.9. The summed E-state index contributed by atoms with van der Waals surface area (Å²) in [5.74, 6) is 0. The molecular weight excluding hydrogens is 302 g/mol. The van der Waals surface area contributed by atoms with Crippen LogP contribution in [0.25, 0.3) is 0 Å². The zero-order chi connectivity index (χ0) is 13.8. The van der Waals surface area contributed by atoms with Crippen LogP contribution in [0.5, 0.6) is 0 Å². The maximum atomic E-state index is 6.05. The van der Waals surface area contributed by atoms with Gasteiger partial charge in [0.2, 0.25) is 0 Å². The van der Waals surface area contributed by atoms with Crippen molar-refractivity contribution >= 4 is 21.6 Å². The third-order valence-electron chi connectivity index (χ3n) is 3.02. The van der Waals surface area contributed by atoms with Crippen LogP contribution < -0.4 is 10.6 Å². The van der Waals surface area contributed by atoms with Crippen molar-refractivity contribution in [2.75, 3.05) is 11.9 Å². The van der Waals surface area contributed by atoms with E-state index in [1.807, 2.05) is 37.4 Å². The minimum Gasteiger partial charge on any atom is -0.368 e. The van der Waals surface area contributed by atoms with Crippen LogP contribution in [0.4, 0.5) is 5.69 Å². The van der Waals surface area contributed by atoms with E-state index in [4.69, 9.17) is 5.73 Å². The van der Waals surface area contributed by atoms with Crippen molar-refractivity contribution in [3.63, 3.8) is 0 Å². The van der Waals surface area contributed by atoms with Gasteiger partial charge in [-0.05, 0) is 42.8 Å². The van der Waals surface area contributed by atoms with Gasteiger partial charge in [-0.25, -0.2) is 0 Å². The molecule has 0 aliphatic carbocycles. The summed E-state index contributed by atoms with van der Waals surface area (Å²) in [4.78, 5) is 6.53. The van der Waals surface area contributed by atoms with Crippen molar-refractivity contribution in [3.8, 4) is 0 Å². The fourth-order valence-corrected chi connectivity index (χ4v) is 2.44. The average Bonchev–Trinajstić information content (AvgIpc) is 2.39. The van der Waals surface area contributed by atoms with Gasteiger partial charge in [0, 0.05) is 29.4 Å². The zero-order valence-corrected chi connectivity index (χ0v) is 12.8. The Labute approximate surface area is 122 Å². The molecule has 100 valence electrons. The van der Waals surface area contributed by atoms with Gasteiger partial charge in [-0.2, -0.15) is 0 Å². The molecule has 19 heavy (non-hydrogen) atoms. The van der Waals surface area contributed by atoms with Crippen LogP contribution in [0.2, 0.25) is 0 Å². The van der Waals surface area contributed by atoms with Gasteiger partial charge < -0.3 is 10.6 Å². The summed E-state index contributed by atoms with van der Waals surface area (Å²) in [5.41, 5.74) is 9.37. The Kier molecular flexibility index (Phi) is 4.56. The maximum absolute atomic E-state index is 6.05. The van der Waals surface area contributed by atoms with Crippen LogP contribution in [0.1, 0.15) is 24.2 Å². The summed E-state index contributed by atoms with van der Waals surface area (Å²) < 4.78 is 1.05. The fourth-order valence-electron chi connectivity index (χ4n) is 2.06. The van der Waals surface area contributed by atoms with Gasteiger partial charge in [0.25, 0.3) is 0 Å². The lowest BCUT2D eigenvalue weighted by Gasteiger charge is -2.24. The predicted octanol–water partition coefficient (Wildman–Crippen LogP) is 3.50. The molecule has 4 heteroatoms. The van der Waals surface area contributed by atoms with E-state index < -0.39 is 0 Å². The molecule has 2 rings (SSSR count). The second kappa shape index (κ2) is 6.17. The Morgan fingerprint density at radius 3 is 2.74 bits per heavy atom. The first-order chi connectivity index (χ1) is 9.08. The predicted molar refractivity (Wildman–Crippen MR) is 83.1 cm³/mol. The van der Waals surface area contributed by atoms with Crippen molar-refractivity contribution in [2.24, 2.45) is 5.73 Å². The van der Waals surface area contributed by atoms with Crippen LogP contribution in [0.15, 0.2) is 47.1 Å². The van der Waals surface area contributed by atoms with Crippen molar-refractivity contribution in [1.29, 1.82) is 0 Å². The van der Waals surface area contributed by atoms with E-state index in [1.54, 1.807) is 0 Å². The highest BCUT2D eigenvalue weighted by Gasteiger charge is 2.12. The molecule has 0 spiro atoms. The number of benzene rings is 1. The number of halogens is 1. The molecule has 1 unspecified atom stereocenters. The van der Waals surface area contributed by atoms with E-state index in [0.717, 1.165) is 28.0 Å². The third-order valence-corrected chi connectivity index (χ3v) is 3.51. The van der Waals surface area contributed by atoms with Crippen molar-refractivity contribution in [2.45, 2.75) is 19.5 Å². The number of hydrogen-bond donors (Lipinski definition) is 1. The lowest BCUT2D eigenvalue weighted by atomic mass is 10.1. The molecule has 0 aliphatic rings. The zero-order valence-electron chi connectivity index (χ0n) is 11.2. The summed E-state index contributed by atoms with van der Waals surface area (Å²) in [5, 5.41) is 0. The summed E-state index contributed by atoms with van der Waals surface area (Å²) in [6.07, 6.45) is 1.82. The second-order valence-corrected chi connectivity index (χ2v) is 5.58. The first kappa shape index (κ1) is 14.0. The molecule has 1 atom stereocenters. The monoisotopic (exact) mass is 319 g/mol. The summed E-state index contributed by atoms with van der Waals surface area (Å²) >= 11 is 3.49. The van der Waals surface area contributed by atoms with Gasteiger partial charge in [0.15, 0.2) is 0 Å².